The second-order valence-electron chi connectivity index (χ2n) is 6.73. The predicted molar refractivity (Wildman–Crippen MR) is 83.4 cm³/mol. The van der Waals surface area contributed by atoms with Gasteiger partial charge in [0.05, 0.1) is 6.10 Å². The van der Waals surface area contributed by atoms with Gasteiger partial charge in [0.1, 0.15) is 5.75 Å². The van der Waals surface area contributed by atoms with E-state index in [-0.39, 0.29) is 17.2 Å². The highest BCUT2D eigenvalue weighted by atomic mass is 16.3. The summed E-state index contributed by atoms with van der Waals surface area (Å²) in [4.78, 5) is 0. The monoisotopic (exact) mass is 300 g/mol. The lowest BCUT2D eigenvalue weighted by atomic mass is 9.72. The molecule has 4 heteroatoms. The van der Waals surface area contributed by atoms with Crippen molar-refractivity contribution in [2.75, 3.05) is 0 Å². The van der Waals surface area contributed by atoms with Gasteiger partial charge in [0, 0.05) is 16.4 Å². The van der Waals surface area contributed by atoms with Crippen molar-refractivity contribution < 1.29 is 20.4 Å². The maximum atomic E-state index is 11.0. The molecule has 0 bridgehead atoms. The first kappa shape index (κ1) is 14.7. The fourth-order valence-electron chi connectivity index (χ4n) is 3.79. The summed E-state index contributed by atoms with van der Waals surface area (Å²) in [7, 11) is 0. The van der Waals surface area contributed by atoms with Crippen molar-refractivity contribution in [3.8, 4) is 17.2 Å². The number of phenols is 3. The third-order valence-electron chi connectivity index (χ3n) is 5.06. The first-order chi connectivity index (χ1) is 10.2. The molecule has 0 aliphatic heterocycles. The molecule has 0 fully saturated rings. The molecule has 0 radical (unpaired) electrons. The van der Waals surface area contributed by atoms with Crippen LogP contribution < -0.4 is 0 Å². The highest BCUT2D eigenvalue weighted by molar-refractivity contribution is 5.62. The number of benzene rings is 2. The largest absolute Gasteiger partial charge is 0.508 e. The van der Waals surface area contributed by atoms with Crippen LogP contribution in [0.1, 0.15) is 37.5 Å². The SMILES string of the molecule is CC1(C)c2c(ccc(O)c2O)C(C)(c2ccc(O)cc2)C1O. The third-order valence-corrected chi connectivity index (χ3v) is 5.06. The van der Waals surface area contributed by atoms with E-state index < -0.39 is 16.9 Å². The van der Waals surface area contributed by atoms with Crippen LogP contribution in [-0.4, -0.2) is 26.5 Å². The quantitative estimate of drug-likeness (QED) is 0.610. The number of fused-ring (bicyclic) bond motifs is 1. The van der Waals surface area contributed by atoms with E-state index in [2.05, 4.69) is 0 Å². The van der Waals surface area contributed by atoms with Crippen LogP contribution in [0, 0.1) is 0 Å². The van der Waals surface area contributed by atoms with Crippen LogP contribution in [0.4, 0.5) is 0 Å². The minimum absolute atomic E-state index is 0.160. The van der Waals surface area contributed by atoms with Gasteiger partial charge in [-0.3, -0.25) is 0 Å². The van der Waals surface area contributed by atoms with Crippen molar-refractivity contribution in [1.82, 2.24) is 0 Å². The van der Waals surface area contributed by atoms with Crippen LogP contribution in [0.3, 0.4) is 0 Å². The Balaban J connectivity index is 2.32. The summed E-state index contributed by atoms with van der Waals surface area (Å²) in [6.45, 7) is 5.61. The zero-order chi connectivity index (χ0) is 16.3. The Morgan fingerprint density at radius 2 is 1.45 bits per heavy atom. The number of aliphatic hydroxyl groups excluding tert-OH is 1. The fraction of sp³-hybridized carbons (Fsp3) is 0.333. The Morgan fingerprint density at radius 3 is 2.05 bits per heavy atom. The van der Waals surface area contributed by atoms with Crippen molar-refractivity contribution in [2.45, 2.75) is 37.7 Å². The lowest BCUT2D eigenvalue weighted by Crippen LogP contribution is -2.41. The molecule has 2 aromatic carbocycles. The van der Waals surface area contributed by atoms with Crippen molar-refractivity contribution in [3.63, 3.8) is 0 Å². The first-order valence-corrected chi connectivity index (χ1v) is 7.24. The highest BCUT2D eigenvalue weighted by Crippen LogP contribution is 2.57. The van der Waals surface area contributed by atoms with Gasteiger partial charge in [-0.15, -0.1) is 0 Å². The lowest BCUT2D eigenvalue weighted by molar-refractivity contribution is 0.0646. The summed E-state index contributed by atoms with van der Waals surface area (Å²) in [6.07, 6.45) is -0.785. The van der Waals surface area contributed by atoms with E-state index in [0.29, 0.717) is 5.56 Å². The van der Waals surface area contributed by atoms with Crippen molar-refractivity contribution >= 4 is 0 Å². The van der Waals surface area contributed by atoms with E-state index in [9.17, 15) is 20.4 Å². The molecule has 4 N–H and O–H groups in total. The Bertz CT molecular complexity index is 733. The van der Waals surface area contributed by atoms with Crippen molar-refractivity contribution in [2.24, 2.45) is 0 Å². The molecule has 0 saturated carbocycles. The Kier molecular flexibility index (Phi) is 2.94. The Labute approximate surface area is 129 Å². The van der Waals surface area contributed by atoms with Gasteiger partial charge < -0.3 is 20.4 Å². The molecular formula is C18H20O4. The minimum Gasteiger partial charge on any atom is -0.508 e. The first-order valence-electron chi connectivity index (χ1n) is 7.24. The summed E-state index contributed by atoms with van der Waals surface area (Å²) in [5.41, 5.74) is 0.735. The van der Waals surface area contributed by atoms with Crippen LogP contribution in [0.15, 0.2) is 36.4 Å². The topological polar surface area (TPSA) is 80.9 Å². The number of hydrogen-bond acceptors (Lipinski definition) is 4. The average molecular weight is 300 g/mol. The van der Waals surface area contributed by atoms with Gasteiger partial charge in [-0.2, -0.15) is 0 Å². The summed E-state index contributed by atoms with van der Waals surface area (Å²) in [5.74, 6) is -0.203. The molecule has 4 nitrogen and oxygen atoms in total. The average Bonchev–Trinajstić information content (AvgIpc) is 2.63. The third kappa shape index (κ3) is 1.67. The van der Waals surface area contributed by atoms with E-state index in [1.54, 1.807) is 30.3 Å². The molecule has 2 atom stereocenters. The van der Waals surface area contributed by atoms with Gasteiger partial charge in [-0.25, -0.2) is 0 Å². The van der Waals surface area contributed by atoms with Crippen molar-refractivity contribution in [3.05, 3.63) is 53.1 Å². The maximum Gasteiger partial charge on any atom is 0.161 e. The summed E-state index contributed by atoms with van der Waals surface area (Å²) >= 11 is 0. The Hall–Kier alpha value is -2.20. The van der Waals surface area contributed by atoms with Gasteiger partial charge >= 0.3 is 0 Å². The van der Waals surface area contributed by atoms with Crippen LogP contribution in [0.5, 0.6) is 17.2 Å². The van der Waals surface area contributed by atoms with E-state index in [1.807, 2.05) is 20.8 Å². The second kappa shape index (κ2) is 4.40. The molecule has 2 unspecified atom stereocenters. The molecule has 0 aromatic heterocycles. The molecule has 1 aliphatic rings. The molecule has 0 spiro atoms. The van der Waals surface area contributed by atoms with Crippen LogP contribution in [0.25, 0.3) is 0 Å². The van der Waals surface area contributed by atoms with Crippen molar-refractivity contribution in [1.29, 1.82) is 0 Å². The fourth-order valence-corrected chi connectivity index (χ4v) is 3.79. The number of aliphatic hydroxyl groups is 1. The highest BCUT2D eigenvalue weighted by Gasteiger charge is 2.55. The van der Waals surface area contributed by atoms with Crippen LogP contribution >= 0.6 is 0 Å². The molecule has 116 valence electrons. The summed E-state index contributed by atoms with van der Waals surface area (Å²) in [6, 6.07) is 9.90. The smallest absolute Gasteiger partial charge is 0.161 e. The number of phenolic OH excluding ortho intramolecular Hbond substituents is 3. The van der Waals surface area contributed by atoms with E-state index in [0.717, 1.165) is 11.1 Å². The normalized spacial score (nSPS) is 25.9. The lowest BCUT2D eigenvalue weighted by Gasteiger charge is -2.35. The number of aromatic hydroxyl groups is 3. The molecule has 22 heavy (non-hydrogen) atoms. The van der Waals surface area contributed by atoms with Gasteiger partial charge in [0.15, 0.2) is 11.5 Å². The molecular weight excluding hydrogens is 280 g/mol. The van der Waals surface area contributed by atoms with E-state index in [1.165, 1.54) is 6.07 Å². The zero-order valence-corrected chi connectivity index (χ0v) is 12.8. The number of rotatable bonds is 1. The molecule has 0 heterocycles. The maximum absolute atomic E-state index is 11.0. The molecule has 0 amide bonds. The van der Waals surface area contributed by atoms with E-state index in [4.69, 9.17) is 0 Å². The Morgan fingerprint density at radius 1 is 0.864 bits per heavy atom. The van der Waals surface area contributed by atoms with Gasteiger partial charge in [0.25, 0.3) is 0 Å². The zero-order valence-electron chi connectivity index (χ0n) is 12.8. The molecule has 1 aliphatic carbocycles. The van der Waals surface area contributed by atoms with Gasteiger partial charge in [-0.1, -0.05) is 32.0 Å². The van der Waals surface area contributed by atoms with Crippen LogP contribution in [0.2, 0.25) is 0 Å². The minimum atomic E-state index is -0.785. The summed E-state index contributed by atoms with van der Waals surface area (Å²) in [5, 5.41) is 40.6. The van der Waals surface area contributed by atoms with Crippen LogP contribution in [-0.2, 0) is 10.8 Å². The summed E-state index contributed by atoms with van der Waals surface area (Å²) < 4.78 is 0. The number of hydrogen-bond donors (Lipinski definition) is 4. The second-order valence-corrected chi connectivity index (χ2v) is 6.73. The predicted octanol–water partition coefficient (Wildman–Crippen LogP) is 2.76. The standard InChI is InChI=1S/C18H20O4/c1-17(2)14-12(8-9-13(20)15(14)21)18(3,16(17)22)10-4-6-11(19)7-5-10/h4-9,16,19-22H,1-3H3. The molecule has 2 aromatic rings. The van der Waals surface area contributed by atoms with E-state index >= 15 is 0 Å². The van der Waals surface area contributed by atoms with Gasteiger partial charge in [0.2, 0.25) is 0 Å². The molecule has 3 rings (SSSR count). The molecule has 0 saturated heterocycles. The van der Waals surface area contributed by atoms with Gasteiger partial charge in [-0.05, 0) is 36.2 Å².